The normalized spacial score (nSPS) is 18.0. The minimum Gasteiger partial charge on any atom is -0.467 e. The molecule has 0 saturated carbocycles. The smallest absolute Gasteiger partial charge is 0.126 e. The van der Waals surface area contributed by atoms with Gasteiger partial charge in [0.2, 0.25) is 0 Å². The lowest BCUT2D eigenvalue weighted by Gasteiger charge is -2.27. The number of likely N-dealkylation sites (tertiary alicyclic amines) is 1. The van der Waals surface area contributed by atoms with Crippen LogP contribution in [0.3, 0.4) is 0 Å². The molecule has 114 valence electrons. The molecule has 21 heavy (non-hydrogen) atoms. The van der Waals surface area contributed by atoms with Crippen LogP contribution in [0.4, 0.5) is 0 Å². The Labute approximate surface area is 134 Å². The zero-order chi connectivity index (χ0) is 14.5. The van der Waals surface area contributed by atoms with Crippen LogP contribution in [0.1, 0.15) is 35.9 Å². The Morgan fingerprint density at radius 3 is 2.76 bits per heavy atom. The molecule has 0 aliphatic carbocycles. The first-order chi connectivity index (χ1) is 10.3. The molecule has 2 aromatic rings. The summed E-state index contributed by atoms with van der Waals surface area (Å²) < 4.78 is 6.41. The van der Waals surface area contributed by atoms with E-state index in [-0.39, 0.29) is 6.04 Å². The molecule has 1 aliphatic heterocycles. The second-order valence-electron chi connectivity index (χ2n) is 5.45. The average Bonchev–Trinajstić information content (AvgIpc) is 3.16. The van der Waals surface area contributed by atoms with Gasteiger partial charge < -0.3 is 14.6 Å². The van der Waals surface area contributed by atoms with Gasteiger partial charge in [0.05, 0.1) is 10.6 Å². The second kappa shape index (κ2) is 7.45. The number of nitrogens with zero attached hydrogens (tertiary/aromatic N) is 1. The van der Waals surface area contributed by atoms with Crippen LogP contribution in [0, 0.1) is 0 Å². The van der Waals surface area contributed by atoms with Gasteiger partial charge in [0.1, 0.15) is 11.8 Å². The first-order valence-electron chi connectivity index (χ1n) is 7.57. The third-order valence-corrected chi connectivity index (χ3v) is 5.23. The number of thiophene rings is 1. The Bertz CT molecular complexity index is 534. The molecule has 2 aromatic heterocycles. The number of rotatable bonds is 6. The lowest BCUT2D eigenvalue weighted by molar-refractivity contribution is 0.226. The van der Waals surface area contributed by atoms with Crippen molar-refractivity contribution in [2.45, 2.75) is 25.3 Å². The average molecular weight is 325 g/mol. The first kappa shape index (κ1) is 15.1. The molecule has 1 saturated heterocycles. The van der Waals surface area contributed by atoms with Crippen molar-refractivity contribution in [2.24, 2.45) is 0 Å². The maximum absolute atomic E-state index is 6.07. The van der Waals surface area contributed by atoms with Gasteiger partial charge in [-0.05, 0) is 50.2 Å². The van der Waals surface area contributed by atoms with Crippen molar-refractivity contribution in [1.82, 2.24) is 10.2 Å². The SMILES string of the molecule is Clc1ccc(C(NCCN2CCCCC2)c2ccco2)s1. The number of furan rings is 1. The van der Waals surface area contributed by atoms with E-state index in [0.29, 0.717) is 0 Å². The van der Waals surface area contributed by atoms with Crippen molar-refractivity contribution < 1.29 is 4.42 Å². The highest BCUT2D eigenvalue weighted by molar-refractivity contribution is 7.16. The molecule has 0 bridgehead atoms. The van der Waals surface area contributed by atoms with E-state index >= 15 is 0 Å². The maximum Gasteiger partial charge on any atom is 0.126 e. The van der Waals surface area contributed by atoms with E-state index in [4.69, 9.17) is 16.0 Å². The van der Waals surface area contributed by atoms with Crippen molar-refractivity contribution in [1.29, 1.82) is 0 Å². The van der Waals surface area contributed by atoms with Gasteiger partial charge in [-0.15, -0.1) is 11.3 Å². The topological polar surface area (TPSA) is 28.4 Å². The van der Waals surface area contributed by atoms with Crippen molar-refractivity contribution in [3.8, 4) is 0 Å². The van der Waals surface area contributed by atoms with E-state index in [0.717, 1.165) is 23.2 Å². The third kappa shape index (κ3) is 4.10. The molecule has 1 unspecified atom stereocenters. The standard InChI is InChI=1S/C16H21ClN2OS/c17-15-7-6-14(21-15)16(13-5-4-12-20-13)18-8-11-19-9-2-1-3-10-19/h4-7,12,16,18H,1-3,8-11H2. The monoisotopic (exact) mass is 324 g/mol. The van der Waals surface area contributed by atoms with Crippen LogP contribution in [0.25, 0.3) is 0 Å². The Balaban J connectivity index is 1.60. The molecule has 0 amide bonds. The van der Waals surface area contributed by atoms with E-state index in [9.17, 15) is 0 Å². The van der Waals surface area contributed by atoms with Gasteiger partial charge in [0, 0.05) is 18.0 Å². The molecule has 0 aromatic carbocycles. The highest BCUT2D eigenvalue weighted by Crippen LogP contribution is 2.31. The highest BCUT2D eigenvalue weighted by atomic mass is 35.5. The zero-order valence-electron chi connectivity index (χ0n) is 12.1. The Hall–Kier alpha value is -0.810. The number of nitrogens with one attached hydrogen (secondary N) is 1. The second-order valence-corrected chi connectivity index (χ2v) is 7.19. The Morgan fingerprint density at radius 1 is 1.24 bits per heavy atom. The number of hydrogen-bond donors (Lipinski definition) is 1. The minimum atomic E-state index is 0.0993. The predicted octanol–water partition coefficient (Wildman–Crippen LogP) is 4.16. The molecule has 1 atom stereocenters. The van der Waals surface area contributed by atoms with E-state index in [1.165, 1.54) is 37.2 Å². The van der Waals surface area contributed by atoms with Gasteiger partial charge >= 0.3 is 0 Å². The van der Waals surface area contributed by atoms with Crippen molar-refractivity contribution in [2.75, 3.05) is 26.2 Å². The summed E-state index contributed by atoms with van der Waals surface area (Å²) in [5, 5.41) is 3.62. The zero-order valence-corrected chi connectivity index (χ0v) is 13.6. The molecule has 3 nitrogen and oxygen atoms in total. The Kier molecular flexibility index (Phi) is 5.36. The van der Waals surface area contributed by atoms with E-state index < -0.39 is 0 Å². The number of hydrogen-bond acceptors (Lipinski definition) is 4. The molecule has 5 heteroatoms. The van der Waals surface area contributed by atoms with Crippen molar-refractivity contribution in [3.63, 3.8) is 0 Å². The summed E-state index contributed by atoms with van der Waals surface area (Å²) >= 11 is 7.68. The van der Waals surface area contributed by atoms with Crippen LogP contribution in [0.15, 0.2) is 34.9 Å². The molecule has 1 aliphatic rings. The fourth-order valence-corrected chi connectivity index (χ4v) is 3.98. The molecule has 0 spiro atoms. The fourth-order valence-electron chi connectivity index (χ4n) is 2.83. The van der Waals surface area contributed by atoms with Crippen LogP contribution >= 0.6 is 22.9 Å². The maximum atomic E-state index is 6.07. The van der Waals surface area contributed by atoms with E-state index in [1.54, 1.807) is 17.6 Å². The van der Waals surface area contributed by atoms with Crippen LogP contribution < -0.4 is 5.32 Å². The highest BCUT2D eigenvalue weighted by Gasteiger charge is 2.19. The largest absolute Gasteiger partial charge is 0.467 e. The van der Waals surface area contributed by atoms with E-state index in [1.807, 2.05) is 18.2 Å². The fraction of sp³-hybridized carbons (Fsp3) is 0.500. The molecule has 1 fully saturated rings. The summed E-state index contributed by atoms with van der Waals surface area (Å²) in [5.74, 6) is 0.951. The minimum absolute atomic E-state index is 0.0993. The number of piperidine rings is 1. The van der Waals surface area contributed by atoms with Gasteiger partial charge in [0.25, 0.3) is 0 Å². The lowest BCUT2D eigenvalue weighted by atomic mass is 10.1. The van der Waals surface area contributed by atoms with E-state index in [2.05, 4.69) is 16.3 Å². The molecule has 0 radical (unpaired) electrons. The predicted molar refractivity (Wildman–Crippen MR) is 88.2 cm³/mol. The van der Waals surface area contributed by atoms with Gasteiger partial charge in [-0.25, -0.2) is 0 Å². The summed E-state index contributed by atoms with van der Waals surface area (Å²) in [5.41, 5.74) is 0. The number of halogens is 1. The van der Waals surface area contributed by atoms with Crippen LogP contribution in [-0.4, -0.2) is 31.1 Å². The molecular formula is C16H21ClN2OS. The molecule has 3 rings (SSSR count). The van der Waals surface area contributed by atoms with Crippen molar-refractivity contribution in [3.05, 3.63) is 45.5 Å². The summed E-state index contributed by atoms with van der Waals surface area (Å²) in [6.07, 6.45) is 5.78. The van der Waals surface area contributed by atoms with Crippen LogP contribution in [-0.2, 0) is 0 Å². The third-order valence-electron chi connectivity index (χ3n) is 3.93. The van der Waals surface area contributed by atoms with Crippen LogP contribution in [0.2, 0.25) is 4.34 Å². The Morgan fingerprint density at radius 2 is 2.10 bits per heavy atom. The summed E-state index contributed by atoms with van der Waals surface area (Å²) in [4.78, 5) is 3.74. The van der Waals surface area contributed by atoms with Gasteiger partial charge in [-0.3, -0.25) is 0 Å². The summed E-state index contributed by atoms with van der Waals surface area (Å²) in [7, 11) is 0. The lowest BCUT2D eigenvalue weighted by Crippen LogP contribution is -2.36. The molecular weight excluding hydrogens is 304 g/mol. The van der Waals surface area contributed by atoms with Gasteiger partial charge in [-0.1, -0.05) is 18.0 Å². The van der Waals surface area contributed by atoms with Crippen molar-refractivity contribution >= 4 is 22.9 Å². The molecule has 3 heterocycles. The summed E-state index contributed by atoms with van der Waals surface area (Å²) in [6, 6.07) is 8.08. The summed E-state index contributed by atoms with van der Waals surface area (Å²) in [6.45, 7) is 4.52. The van der Waals surface area contributed by atoms with Gasteiger partial charge in [-0.2, -0.15) is 0 Å². The first-order valence-corrected chi connectivity index (χ1v) is 8.77. The quantitative estimate of drug-likeness (QED) is 0.865. The molecule has 1 N–H and O–H groups in total. The van der Waals surface area contributed by atoms with Crippen LogP contribution in [0.5, 0.6) is 0 Å². The van der Waals surface area contributed by atoms with Gasteiger partial charge in [0.15, 0.2) is 0 Å².